The van der Waals surface area contributed by atoms with Gasteiger partial charge in [0.05, 0.1) is 13.2 Å². The van der Waals surface area contributed by atoms with Crippen LogP contribution < -0.4 is 4.74 Å². The van der Waals surface area contributed by atoms with E-state index in [0.717, 1.165) is 0 Å². The molecule has 0 fully saturated rings. The van der Waals surface area contributed by atoms with Gasteiger partial charge in [0, 0.05) is 0 Å². The Bertz CT molecular complexity index is 268. The van der Waals surface area contributed by atoms with Crippen molar-refractivity contribution in [2.24, 2.45) is 0 Å². The van der Waals surface area contributed by atoms with Crippen molar-refractivity contribution in [3.05, 3.63) is 30.1 Å². The first-order valence-corrected chi connectivity index (χ1v) is 4.91. The first-order chi connectivity index (χ1) is 7.26. The largest absolute Gasteiger partial charge is 0.441 e. The second-order valence-corrected chi connectivity index (χ2v) is 2.77. The monoisotopic (exact) mass is 214 g/mol. The standard InChI is InChI=1S/C11H15FO3/c1-3-13-11(14-4-2)15-10-7-5-9(12)6-8-10/h5-8,11H,3-4H2,1-2H3. The summed E-state index contributed by atoms with van der Waals surface area (Å²) in [5.74, 6) is 0.218. The summed E-state index contributed by atoms with van der Waals surface area (Å²) in [6, 6.07) is 5.70. The van der Waals surface area contributed by atoms with E-state index in [2.05, 4.69) is 0 Å². The molecule has 0 aliphatic carbocycles. The highest BCUT2D eigenvalue weighted by Crippen LogP contribution is 2.13. The zero-order valence-corrected chi connectivity index (χ0v) is 8.90. The van der Waals surface area contributed by atoms with Gasteiger partial charge in [-0.05, 0) is 38.1 Å². The number of hydrogen-bond acceptors (Lipinski definition) is 3. The molecule has 0 radical (unpaired) electrons. The molecule has 0 amide bonds. The summed E-state index contributed by atoms with van der Waals surface area (Å²) < 4.78 is 28.3. The third kappa shape index (κ3) is 4.27. The van der Waals surface area contributed by atoms with Gasteiger partial charge in [0.15, 0.2) is 0 Å². The van der Waals surface area contributed by atoms with Gasteiger partial charge in [0.25, 0.3) is 0 Å². The van der Waals surface area contributed by atoms with Crippen molar-refractivity contribution in [3.63, 3.8) is 0 Å². The zero-order chi connectivity index (χ0) is 11.1. The summed E-state index contributed by atoms with van der Waals surface area (Å²) in [5, 5.41) is 0. The van der Waals surface area contributed by atoms with Crippen LogP contribution in [0.4, 0.5) is 4.39 Å². The van der Waals surface area contributed by atoms with Gasteiger partial charge < -0.3 is 14.2 Å². The Morgan fingerprint density at radius 1 is 1.07 bits per heavy atom. The van der Waals surface area contributed by atoms with Crippen LogP contribution in [-0.4, -0.2) is 19.7 Å². The maximum atomic E-state index is 12.6. The summed E-state index contributed by atoms with van der Waals surface area (Å²) in [4.78, 5) is 0. The smallest absolute Gasteiger partial charge is 0.315 e. The molecule has 0 aromatic heterocycles. The summed E-state index contributed by atoms with van der Waals surface area (Å²) >= 11 is 0. The molecule has 0 atom stereocenters. The van der Waals surface area contributed by atoms with E-state index >= 15 is 0 Å². The topological polar surface area (TPSA) is 27.7 Å². The van der Waals surface area contributed by atoms with E-state index in [1.54, 1.807) is 0 Å². The quantitative estimate of drug-likeness (QED) is 0.681. The molecule has 0 aliphatic heterocycles. The van der Waals surface area contributed by atoms with Gasteiger partial charge in [-0.25, -0.2) is 4.39 Å². The molecule has 1 aromatic carbocycles. The van der Waals surface area contributed by atoms with Crippen LogP contribution in [0.15, 0.2) is 24.3 Å². The van der Waals surface area contributed by atoms with Crippen molar-refractivity contribution < 1.29 is 18.6 Å². The van der Waals surface area contributed by atoms with Gasteiger partial charge in [-0.3, -0.25) is 0 Å². The van der Waals surface area contributed by atoms with E-state index < -0.39 is 6.48 Å². The van der Waals surface area contributed by atoms with Crippen LogP contribution in [0.25, 0.3) is 0 Å². The van der Waals surface area contributed by atoms with E-state index in [4.69, 9.17) is 14.2 Å². The minimum Gasteiger partial charge on any atom is -0.441 e. The van der Waals surface area contributed by atoms with Gasteiger partial charge in [-0.15, -0.1) is 0 Å². The molecule has 0 bridgehead atoms. The number of halogens is 1. The fourth-order valence-electron chi connectivity index (χ4n) is 1.01. The van der Waals surface area contributed by atoms with Crippen molar-refractivity contribution >= 4 is 0 Å². The third-order valence-electron chi connectivity index (χ3n) is 1.65. The van der Waals surface area contributed by atoms with Crippen molar-refractivity contribution in [2.45, 2.75) is 20.3 Å². The van der Waals surface area contributed by atoms with E-state index in [9.17, 15) is 4.39 Å². The first-order valence-electron chi connectivity index (χ1n) is 4.91. The fourth-order valence-corrected chi connectivity index (χ4v) is 1.01. The predicted molar refractivity (Wildman–Crippen MR) is 54.1 cm³/mol. The first kappa shape index (κ1) is 11.9. The molecule has 4 heteroatoms. The van der Waals surface area contributed by atoms with Crippen molar-refractivity contribution in [3.8, 4) is 5.75 Å². The molecule has 15 heavy (non-hydrogen) atoms. The van der Waals surface area contributed by atoms with Crippen LogP contribution in [0.3, 0.4) is 0 Å². The molecule has 1 rings (SSSR count). The third-order valence-corrected chi connectivity index (χ3v) is 1.65. The SMILES string of the molecule is CCOC(OCC)Oc1ccc(F)cc1. The average Bonchev–Trinajstić information content (AvgIpc) is 2.22. The molecule has 0 heterocycles. The Labute approximate surface area is 88.8 Å². The fraction of sp³-hybridized carbons (Fsp3) is 0.455. The molecule has 0 saturated heterocycles. The van der Waals surface area contributed by atoms with Crippen LogP contribution in [0, 0.1) is 5.82 Å². The lowest BCUT2D eigenvalue weighted by Gasteiger charge is -2.17. The van der Waals surface area contributed by atoms with Crippen molar-refractivity contribution in [2.75, 3.05) is 13.2 Å². The van der Waals surface area contributed by atoms with E-state index in [1.807, 2.05) is 13.8 Å². The van der Waals surface area contributed by atoms with Gasteiger partial charge in [-0.1, -0.05) is 0 Å². The lowest BCUT2D eigenvalue weighted by Crippen LogP contribution is -2.24. The maximum absolute atomic E-state index is 12.6. The predicted octanol–water partition coefficient (Wildman–Crippen LogP) is 2.56. The van der Waals surface area contributed by atoms with Gasteiger partial charge in [-0.2, -0.15) is 0 Å². The Hall–Kier alpha value is -1.13. The van der Waals surface area contributed by atoms with Crippen LogP contribution in [0.1, 0.15) is 13.8 Å². The Morgan fingerprint density at radius 3 is 2.07 bits per heavy atom. The molecule has 0 saturated carbocycles. The molecule has 3 nitrogen and oxygen atoms in total. The Kier molecular flexibility index (Phi) is 5.07. The number of benzene rings is 1. The lowest BCUT2D eigenvalue weighted by atomic mass is 10.3. The van der Waals surface area contributed by atoms with Crippen molar-refractivity contribution in [1.29, 1.82) is 0 Å². The molecule has 0 aliphatic rings. The van der Waals surface area contributed by atoms with Gasteiger partial charge in [0.1, 0.15) is 11.6 Å². The molecule has 0 spiro atoms. The minimum absolute atomic E-state index is 0.299. The second-order valence-electron chi connectivity index (χ2n) is 2.77. The van der Waals surface area contributed by atoms with Crippen LogP contribution in [-0.2, 0) is 9.47 Å². The van der Waals surface area contributed by atoms with Gasteiger partial charge in [0.2, 0.25) is 0 Å². The highest BCUT2D eigenvalue weighted by atomic mass is 19.1. The maximum Gasteiger partial charge on any atom is 0.315 e. The Morgan fingerprint density at radius 2 is 1.60 bits per heavy atom. The number of rotatable bonds is 6. The highest BCUT2D eigenvalue weighted by Gasteiger charge is 2.09. The summed E-state index contributed by atoms with van der Waals surface area (Å²) in [6.45, 7) is 3.95. The minimum atomic E-state index is -0.731. The normalized spacial score (nSPS) is 10.7. The van der Waals surface area contributed by atoms with Crippen LogP contribution in [0.2, 0.25) is 0 Å². The molecular formula is C11H15FO3. The summed E-state index contributed by atoms with van der Waals surface area (Å²) in [6.07, 6.45) is 0. The molecule has 84 valence electrons. The number of hydrogen-bond donors (Lipinski definition) is 0. The van der Waals surface area contributed by atoms with Crippen LogP contribution >= 0.6 is 0 Å². The lowest BCUT2D eigenvalue weighted by molar-refractivity contribution is -0.242. The average molecular weight is 214 g/mol. The van der Waals surface area contributed by atoms with E-state index in [1.165, 1.54) is 24.3 Å². The molecule has 0 unspecified atom stereocenters. The molecule has 1 aromatic rings. The zero-order valence-electron chi connectivity index (χ0n) is 8.90. The summed E-state index contributed by atoms with van der Waals surface area (Å²) in [7, 11) is 0. The second kappa shape index (κ2) is 6.37. The van der Waals surface area contributed by atoms with Crippen molar-refractivity contribution in [1.82, 2.24) is 0 Å². The Balaban J connectivity index is 2.53. The molecule has 0 N–H and O–H groups in total. The van der Waals surface area contributed by atoms with E-state index in [0.29, 0.717) is 19.0 Å². The van der Waals surface area contributed by atoms with Gasteiger partial charge >= 0.3 is 6.48 Å². The molecular weight excluding hydrogens is 199 g/mol. The van der Waals surface area contributed by atoms with Crippen LogP contribution in [0.5, 0.6) is 5.75 Å². The summed E-state index contributed by atoms with van der Waals surface area (Å²) in [5.41, 5.74) is 0. The highest BCUT2D eigenvalue weighted by molar-refractivity contribution is 5.21. The number of ether oxygens (including phenoxy) is 3. The van der Waals surface area contributed by atoms with E-state index in [-0.39, 0.29) is 5.82 Å².